The second-order valence-corrected chi connectivity index (χ2v) is 4.05. The summed E-state index contributed by atoms with van der Waals surface area (Å²) < 4.78 is 5.18. The van der Waals surface area contributed by atoms with Gasteiger partial charge in [0.2, 0.25) is 5.95 Å². The first-order valence-electron chi connectivity index (χ1n) is 5.28. The molecule has 0 atom stereocenters. The molecule has 6 heteroatoms. The number of aromatic nitrogens is 2. The SMILES string of the molecule is COc1cccc(N(C)c2cc(Cl)nc(N)n2)c1. The fourth-order valence-electron chi connectivity index (χ4n) is 1.55. The van der Waals surface area contributed by atoms with E-state index in [9.17, 15) is 0 Å². The van der Waals surface area contributed by atoms with Crippen LogP contribution in [0.3, 0.4) is 0 Å². The van der Waals surface area contributed by atoms with E-state index in [1.807, 2.05) is 36.2 Å². The minimum atomic E-state index is 0.146. The second-order valence-electron chi connectivity index (χ2n) is 3.67. The van der Waals surface area contributed by atoms with E-state index in [0.29, 0.717) is 11.0 Å². The number of ether oxygens (including phenoxy) is 1. The minimum Gasteiger partial charge on any atom is -0.497 e. The van der Waals surface area contributed by atoms with E-state index >= 15 is 0 Å². The van der Waals surface area contributed by atoms with Gasteiger partial charge in [0.15, 0.2) is 0 Å². The Hall–Kier alpha value is -2.01. The van der Waals surface area contributed by atoms with Gasteiger partial charge >= 0.3 is 0 Å². The topological polar surface area (TPSA) is 64.3 Å². The van der Waals surface area contributed by atoms with Crippen LogP contribution in [0.4, 0.5) is 17.5 Å². The number of anilines is 3. The molecule has 94 valence electrons. The molecule has 1 aromatic heterocycles. The van der Waals surface area contributed by atoms with E-state index in [1.54, 1.807) is 13.2 Å². The zero-order chi connectivity index (χ0) is 13.1. The summed E-state index contributed by atoms with van der Waals surface area (Å²) in [5.41, 5.74) is 6.49. The van der Waals surface area contributed by atoms with Gasteiger partial charge in [0.1, 0.15) is 16.7 Å². The number of nitrogens with two attached hydrogens (primary N) is 1. The van der Waals surface area contributed by atoms with Crippen LogP contribution in [0.5, 0.6) is 5.75 Å². The van der Waals surface area contributed by atoms with E-state index in [0.717, 1.165) is 11.4 Å². The van der Waals surface area contributed by atoms with Gasteiger partial charge in [-0.2, -0.15) is 4.98 Å². The number of benzene rings is 1. The summed E-state index contributed by atoms with van der Waals surface area (Å²) in [7, 11) is 3.49. The highest BCUT2D eigenvalue weighted by Crippen LogP contribution is 2.26. The Morgan fingerprint density at radius 2 is 2.06 bits per heavy atom. The standard InChI is InChI=1S/C12H13ClN4O/c1-17(8-4-3-5-9(6-8)18-2)11-7-10(13)15-12(14)16-11/h3-7H,1-2H3,(H2,14,15,16). The maximum absolute atomic E-state index is 5.86. The molecule has 0 spiro atoms. The summed E-state index contributed by atoms with van der Waals surface area (Å²) in [6.07, 6.45) is 0. The zero-order valence-corrected chi connectivity index (χ0v) is 10.8. The van der Waals surface area contributed by atoms with Gasteiger partial charge in [-0.1, -0.05) is 17.7 Å². The molecule has 2 aromatic rings. The molecule has 0 fully saturated rings. The number of hydrogen-bond donors (Lipinski definition) is 1. The van der Waals surface area contributed by atoms with Crippen LogP contribution in [0.1, 0.15) is 0 Å². The molecule has 0 aliphatic heterocycles. The number of halogens is 1. The maximum atomic E-state index is 5.86. The predicted octanol–water partition coefficient (Wildman–Crippen LogP) is 2.49. The third-order valence-electron chi connectivity index (χ3n) is 2.48. The van der Waals surface area contributed by atoms with Gasteiger partial charge in [0, 0.05) is 24.9 Å². The minimum absolute atomic E-state index is 0.146. The maximum Gasteiger partial charge on any atom is 0.223 e. The highest BCUT2D eigenvalue weighted by molar-refractivity contribution is 6.29. The third-order valence-corrected chi connectivity index (χ3v) is 2.68. The molecule has 0 saturated heterocycles. The first kappa shape index (κ1) is 12.4. The molecule has 0 amide bonds. The van der Waals surface area contributed by atoms with Gasteiger partial charge < -0.3 is 15.4 Å². The molecule has 1 aromatic carbocycles. The zero-order valence-electron chi connectivity index (χ0n) is 10.1. The molecular formula is C12H13ClN4O. The van der Waals surface area contributed by atoms with E-state index in [1.165, 1.54) is 0 Å². The van der Waals surface area contributed by atoms with Crippen molar-refractivity contribution in [2.75, 3.05) is 24.8 Å². The average molecular weight is 265 g/mol. The largest absolute Gasteiger partial charge is 0.497 e. The highest BCUT2D eigenvalue weighted by atomic mass is 35.5. The van der Waals surface area contributed by atoms with Crippen LogP contribution in [0.2, 0.25) is 5.15 Å². The Morgan fingerprint density at radius 3 is 2.72 bits per heavy atom. The molecular weight excluding hydrogens is 252 g/mol. The van der Waals surface area contributed by atoms with Crippen molar-refractivity contribution in [2.45, 2.75) is 0 Å². The van der Waals surface area contributed by atoms with Crippen LogP contribution >= 0.6 is 11.6 Å². The van der Waals surface area contributed by atoms with Crippen molar-refractivity contribution >= 4 is 29.1 Å². The van der Waals surface area contributed by atoms with Crippen molar-refractivity contribution in [1.29, 1.82) is 0 Å². The van der Waals surface area contributed by atoms with E-state index < -0.39 is 0 Å². The van der Waals surface area contributed by atoms with Crippen LogP contribution in [0.15, 0.2) is 30.3 Å². The molecule has 0 aliphatic carbocycles. The number of methoxy groups -OCH3 is 1. The molecule has 0 bridgehead atoms. The molecule has 0 aliphatic rings. The van der Waals surface area contributed by atoms with Gasteiger partial charge in [-0.25, -0.2) is 4.98 Å². The molecule has 0 unspecified atom stereocenters. The molecule has 2 rings (SSSR count). The lowest BCUT2D eigenvalue weighted by Gasteiger charge is -2.19. The normalized spacial score (nSPS) is 10.2. The molecule has 0 saturated carbocycles. The number of rotatable bonds is 3. The Balaban J connectivity index is 2.37. The van der Waals surface area contributed by atoms with Gasteiger partial charge in [0.25, 0.3) is 0 Å². The molecule has 5 nitrogen and oxygen atoms in total. The summed E-state index contributed by atoms with van der Waals surface area (Å²) in [6.45, 7) is 0. The van der Waals surface area contributed by atoms with Gasteiger partial charge in [-0.05, 0) is 12.1 Å². The molecule has 0 radical (unpaired) electrons. The van der Waals surface area contributed by atoms with Crippen molar-refractivity contribution in [3.63, 3.8) is 0 Å². The summed E-state index contributed by atoms with van der Waals surface area (Å²) in [5.74, 6) is 1.54. The fourth-order valence-corrected chi connectivity index (χ4v) is 1.73. The first-order valence-corrected chi connectivity index (χ1v) is 5.66. The van der Waals surface area contributed by atoms with Crippen molar-refractivity contribution in [3.05, 3.63) is 35.5 Å². The smallest absolute Gasteiger partial charge is 0.223 e. The van der Waals surface area contributed by atoms with Gasteiger partial charge in [-0.3, -0.25) is 0 Å². The molecule has 2 N–H and O–H groups in total. The average Bonchev–Trinajstić information content (AvgIpc) is 2.37. The molecule has 1 heterocycles. The summed E-state index contributed by atoms with van der Waals surface area (Å²) in [5, 5.41) is 0.312. The van der Waals surface area contributed by atoms with Crippen LogP contribution in [0, 0.1) is 0 Å². The number of nitrogen functional groups attached to an aromatic ring is 1. The lowest BCUT2D eigenvalue weighted by molar-refractivity contribution is 0.415. The Labute approximate surface area is 110 Å². The van der Waals surface area contributed by atoms with Crippen molar-refractivity contribution in [1.82, 2.24) is 9.97 Å². The third kappa shape index (κ3) is 2.62. The lowest BCUT2D eigenvalue weighted by atomic mass is 10.3. The van der Waals surface area contributed by atoms with Crippen molar-refractivity contribution in [3.8, 4) is 5.75 Å². The van der Waals surface area contributed by atoms with Crippen LogP contribution < -0.4 is 15.4 Å². The van der Waals surface area contributed by atoms with Crippen LogP contribution in [0.25, 0.3) is 0 Å². The van der Waals surface area contributed by atoms with Gasteiger partial charge in [0.05, 0.1) is 7.11 Å². The van der Waals surface area contributed by atoms with Gasteiger partial charge in [-0.15, -0.1) is 0 Å². The Kier molecular flexibility index (Phi) is 3.53. The van der Waals surface area contributed by atoms with Crippen LogP contribution in [-0.2, 0) is 0 Å². The van der Waals surface area contributed by atoms with Crippen molar-refractivity contribution in [2.24, 2.45) is 0 Å². The first-order chi connectivity index (χ1) is 8.60. The predicted molar refractivity (Wildman–Crippen MR) is 72.5 cm³/mol. The lowest BCUT2D eigenvalue weighted by Crippen LogP contribution is -2.12. The fraction of sp³-hybridized carbons (Fsp3) is 0.167. The van der Waals surface area contributed by atoms with Crippen LogP contribution in [-0.4, -0.2) is 24.1 Å². The summed E-state index contributed by atoms with van der Waals surface area (Å²) >= 11 is 5.86. The monoisotopic (exact) mass is 264 g/mol. The molecule has 18 heavy (non-hydrogen) atoms. The highest BCUT2D eigenvalue weighted by Gasteiger charge is 2.08. The Bertz CT molecular complexity index is 541. The van der Waals surface area contributed by atoms with Crippen molar-refractivity contribution < 1.29 is 4.74 Å². The number of nitrogens with zero attached hydrogens (tertiary/aromatic N) is 3. The Morgan fingerprint density at radius 1 is 1.28 bits per heavy atom. The van der Waals surface area contributed by atoms with E-state index in [4.69, 9.17) is 22.1 Å². The quantitative estimate of drug-likeness (QED) is 0.863. The number of hydrogen-bond acceptors (Lipinski definition) is 5. The second kappa shape index (κ2) is 5.10. The summed E-state index contributed by atoms with van der Waals surface area (Å²) in [6, 6.07) is 9.26. The van der Waals surface area contributed by atoms with E-state index in [2.05, 4.69) is 9.97 Å². The summed E-state index contributed by atoms with van der Waals surface area (Å²) in [4.78, 5) is 9.81. The van der Waals surface area contributed by atoms with E-state index in [-0.39, 0.29) is 5.95 Å².